The van der Waals surface area contributed by atoms with Gasteiger partial charge in [0.25, 0.3) is 5.91 Å². The van der Waals surface area contributed by atoms with E-state index < -0.39 is 5.91 Å². The van der Waals surface area contributed by atoms with Crippen molar-refractivity contribution in [2.45, 2.75) is 5.16 Å². The van der Waals surface area contributed by atoms with Gasteiger partial charge in [-0.1, -0.05) is 46.8 Å². The Balaban J connectivity index is 1.37. The molecule has 0 radical (unpaired) electrons. The zero-order valence-electron chi connectivity index (χ0n) is 13.7. The molecule has 4 aromatic rings. The maximum Gasteiger partial charge on any atom is 0.269 e. The molecule has 2 aromatic heterocycles. The summed E-state index contributed by atoms with van der Waals surface area (Å²) in [5.41, 5.74) is 6.16. The summed E-state index contributed by atoms with van der Waals surface area (Å²) in [5.74, 6) is -0.677. The maximum absolute atomic E-state index is 12.0. The van der Waals surface area contributed by atoms with Crippen molar-refractivity contribution < 1.29 is 9.59 Å². The molecule has 0 aliphatic carbocycles. The number of aromatic nitrogens is 3. The first-order valence-corrected chi connectivity index (χ1v) is 10.00. The van der Waals surface area contributed by atoms with Crippen LogP contribution in [0.25, 0.3) is 15.2 Å². The van der Waals surface area contributed by atoms with Gasteiger partial charge < -0.3 is 0 Å². The van der Waals surface area contributed by atoms with Gasteiger partial charge in [-0.05, 0) is 36.4 Å². The van der Waals surface area contributed by atoms with Crippen molar-refractivity contribution in [3.8, 4) is 0 Å². The van der Waals surface area contributed by atoms with Gasteiger partial charge >= 0.3 is 0 Å². The number of halogens is 1. The van der Waals surface area contributed by atoms with Crippen LogP contribution in [0.5, 0.6) is 0 Å². The summed E-state index contributed by atoms with van der Waals surface area (Å²) < 4.78 is 3.02. The van der Waals surface area contributed by atoms with Crippen molar-refractivity contribution in [3.63, 3.8) is 0 Å². The summed E-state index contributed by atoms with van der Waals surface area (Å²) >= 11 is 8.57. The Labute approximate surface area is 166 Å². The highest BCUT2D eigenvalue weighted by molar-refractivity contribution is 7.99. The largest absolute Gasteiger partial charge is 0.272 e. The second-order valence-electron chi connectivity index (χ2n) is 5.47. The smallest absolute Gasteiger partial charge is 0.269 e. The minimum Gasteiger partial charge on any atom is -0.272 e. The number of amides is 2. The van der Waals surface area contributed by atoms with Crippen molar-refractivity contribution in [1.29, 1.82) is 0 Å². The number of nitrogens with one attached hydrogen (secondary N) is 2. The van der Waals surface area contributed by atoms with E-state index in [0.29, 0.717) is 15.7 Å². The van der Waals surface area contributed by atoms with E-state index in [2.05, 4.69) is 21.0 Å². The first-order chi connectivity index (χ1) is 13.1. The Bertz CT molecular complexity index is 1140. The summed E-state index contributed by atoms with van der Waals surface area (Å²) in [7, 11) is 0. The minimum absolute atomic E-state index is 0.0892. The molecule has 0 unspecified atom stereocenters. The van der Waals surface area contributed by atoms with Crippen LogP contribution in [0, 0.1) is 0 Å². The number of hydrogen-bond donors (Lipinski definition) is 2. The predicted molar refractivity (Wildman–Crippen MR) is 106 cm³/mol. The fraction of sp³-hybridized carbons (Fsp3) is 0.0588. The third kappa shape index (κ3) is 3.75. The highest BCUT2D eigenvalue weighted by Gasteiger charge is 2.14. The third-order valence-corrected chi connectivity index (χ3v) is 5.86. The fourth-order valence-corrected chi connectivity index (χ4v) is 4.31. The molecule has 4 rings (SSSR count). The summed E-state index contributed by atoms with van der Waals surface area (Å²) in [6.45, 7) is 0. The molecule has 0 atom stereocenters. The highest BCUT2D eigenvalue weighted by atomic mass is 35.5. The molecule has 2 aromatic carbocycles. The van der Waals surface area contributed by atoms with Crippen LogP contribution in [-0.2, 0) is 4.79 Å². The second kappa shape index (κ2) is 7.55. The zero-order chi connectivity index (χ0) is 18.8. The van der Waals surface area contributed by atoms with Crippen molar-refractivity contribution in [2.75, 3.05) is 5.75 Å². The lowest BCUT2D eigenvalue weighted by molar-refractivity contribution is -0.119. The van der Waals surface area contributed by atoms with Crippen LogP contribution < -0.4 is 10.9 Å². The second-order valence-corrected chi connectivity index (χ2v) is 7.86. The van der Waals surface area contributed by atoms with Gasteiger partial charge in [0.2, 0.25) is 10.9 Å². The average Bonchev–Trinajstić information content (AvgIpc) is 3.24. The maximum atomic E-state index is 12.0. The Hall–Kier alpha value is -2.62. The van der Waals surface area contributed by atoms with Gasteiger partial charge in [0.15, 0.2) is 5.16 Å². The van der Waals surface area contributed by atoms with Crippen LogP contribution in [0.15, 0.2) is 53.7 Å². The summed E-state index contributed by atoms with van der Waals surface area (Å²) in [5, 5.41) is 9.45. The monoisotopic (exact) mass is 417 g/mol. The van der Waals surface area contributed by atoms with E-state index in [-0.39, 0.29) is 11.7 Å². The number of nitrogens with zero attached hydrogens (tertiary/aromatic N) is 3. The number of carbonyl (C=O) groups excluding carboxylic acids is 2. The van der Waals surface area contributed by atoms with Gasteiger partial charge in [-0.25, -0.2) is 0 Å². The quantitative estimate of drug-likeness (QED) is 0.393. The average molecular weight is 418 g/mol. The molecule has 136 valence electrons. The van der Waals surface area contributed by atoms with Gasteiger partial charge in [0, 0.05) is 10.6 Å². The number of para-hydroxylation sites is 1. The summed E-state index contributed by atoms with van der Waals surface area (Å²) in [6, 6.07) is 14.3. The van der Waals surface area contributed by atoms with E-state index in [1.807, 2.05) is 28.7 Å². The summed E-state index contributed by atoms with van der Waals surface area (Å²) in [4.78, 5) is 24.8. The Morgan fingerprint density at radius 2 is 1.85 bits per heavy atom. The summed E-state index contributed by atoms with van der Waals surface area (Å²) in [6.07, 6.45) is 0. The lowest BCUT2D eigenvalue weighted by Gasteiger charge is -2.07. The molecule has 2 amide bonds. The van der Waals surface area contributed by atoms with Gasteiger partial charge in [0.1, 0.15) is 0 Å². The van der Waals surface area contributed by atoms with E-state index in [0.717, 1.165) is 15.2 Å². The van der Waals surface area contributed by atoms with Gasteiger partial charge in [-0.3, -0.25) is 24.8 Å². The molecule has 2 heterocycles. The standard InChI is InChI=1S/C17H12ClN5O2S2/c18-11-7-5-10(6-8-11)15(25)20-19-14(24)9-26-16-21-22-17-23(16)12-3-1-2-4-13(12)27-17/h1-8H,9H2,(H,19,24)(H,20,25). The topological polar surface area (TPSA) is 88.4 Å². The number of thiazole rings is 1. The van der Waals surface area contributed by atoms with E-state index in [1.165, 1.54) is 23.1 Å². The lowest BCUT2D eigenvalue weighted by atomic mass is 10.2. The van der Waals surface area contributed by atoms with Gasteiger partial charge in [-0.2, -0.15) is 0 Å². The molecule has 7 nitrogen and oxygen atoms in total. The molecule has 0 saturated heterocycles. The van der Waals surface area contributed by atoms with E-state index in [1.54, 1.807) is 24.3 Å². The normalized spacial score (nSPS) is 11.0. The molecule has 2 N–H and O–H groups in total. The van der Waals surface area contributed by atoms with Crippen molar-refractivity contribution in [2.24, 2.45) is 0 Å². The lowest BCUT2D eigenvalue weighted by Crippen LogP contribution is -2.42. The number of fused-ring (bicyclic) bond motifs is 3. The number of benzene rings is 2. The van der Waals surface area contributed by atoms with Crippen molar-refractivity contribution in [1.82, 2.24) is 25.4 Å². The Kier molecular flexibility index (Phi) is 4.97. The zero-order valence-corrected chi connectivity index (χ0v) is 16.1. The van der Waals surface area contributed by atoms with E-state index in [9.17, 15) is 9.59 Å². The van der Waals surface area contributed by atoms with Crippen molar-refractivity contribution >= 4 is 61.7 Å². The SMILES string of the molecule is O=C(CSc1nnc2sc3ccccc3n12)NNC(=O)c1ccc(Cl)cc1. The van der Waals surface area contributed by atoms with Crippen LogP contribution in [0.1, 0.15) is 10.4 Å². The minimum atomic E-state index is -0.418. The van der Waals surface area contributed by atoms with Crippen LogP contribution in [-0.4, -0.2) is 32.2 Å². The first kappa shape index (κ1) is 17.8. The van der Waals surface area contributed by atoms with Crippen LogP contribution >= 0.6 is 34.7 Å². The first-order valence-electron chi connectivity index (χ1n) is 7.82. The van der Waals surface area contributed by atoms with Gasteiger partial charge in [-0.15, -0.1) is 10.2 Å². The van der Waals surface area contributed by atoms with Crippen LogP contribution in [0.2, 0.25) is 5.02 Å². The highest BCUT2D eigenvalue weighted by Crippen LogP contribution is 2.29. The third-order valence-electron chi connectivity index (χ3n) is 3.67. The number of thioether (sulfide) groups is 1. The van der Waals surface area contributed by atoms with E-state index in [4.69, 9.17) is 11.6 Å². The van der Waals surface area contributed by atoms with E-state index >= 15 is 0 Å². The number of rotatable bonds is 4. The molecular weight excluding hydrogens is 406 g/mol. The van der Waals surface area contributed by atoms with Crippen LogP contribution in [0.4, 0.5) is 0 Å². The number of carbonyl (C=O) groups is 2. The fourth-order valence-electron chi connectivity index (χ4n) is 2.42. The number of hydrazine groups is 1. The van der Waals surface area contributed by atoms with Crippen molar-refractivity contribution in [3.05, 3.63) is 59.1 Å². The molecule has 0 saturated carbocycles. The molecule has 0 bridgehead atoms. The number of hydrogen-bond acceptors (Lipinski definition) is 6. The molecule has 10 heteroatoms. The molecule has 0 aliphatic heterocycles. The van der Waals surface area contributed by atoms with Gasteiger partial charge in [0.05, 0.1) is 16.0 Å². The Morgan fingerprint density at radius 1 is 1.07 bits per heavy atom. The Morgan fingerprint density at radius 3 is 2.67 bits per heavy atom. The molecule has 0 spiro atoms. The molecule has 0 aliphatic rings. The van der Waals surface area contributed by atoms with Crippen LogP contribution in [0.3, 0.4) is 0 Å². The molecule has 27 heavy (non-hydrogen) atoms. The molecular formula is C17H12ClN5O2S2. The predicted octanol–water partition coefficient (Wildman–Crippen LogP) is 3.15. The molecule has 0 fully saturated rings.